The summed E-state index contributed by atoms with van der Waals surface area (Å²) in [5.41, 5.74) is 0. The van der Waals surface area contributed by atoms with Crippen molar-refractivity contribution < 1.29 is 0 Å². The third-order valence-electron chi connectivity index (χ3n) is 4.35. The minimum atomic E-state index is 0.867. The maximum absolute atomic E-state index is 3.75. The molecule has 1 aliphatic heterocycles. The molecule has 0 aliphatic carbocycles. The molecule has 1 aliphatic rings. The zero-order valence-electron chi connectivity index (χ0n) is 12.8. The molecule has 2 atom stereocenters. The summed E-state index contributed by atoms with van der Waals surface area (Å²) in [5, 5.41) is 3.75. The summed E-state index contributed by atoms with van der Waals surface area (Å²) in [5.74, 6) is 0. The molecular formula is C17H35N. The minimum Gasteiger partial charge on any atom is -0.311 e. The molecule has 1 N–H and O–H groups in total. The van der Waals surface area contributed by atoms with Gasteiger partial charge in [0, 0.05) is 12.1 Å². The van der Waals surface area contributed by atoms with E-state index in [9.17, 15) is 0 Å². The lowest BCUT2D eigenvalue weighted by Gasteiger charge is -2.37. The fourth-order valence-corrected chi connectivity index (χ4v) is 3.04. The monoisotopic (exact) mass is 253 g/mol. The molecule has 0 aromatic heterocycles. The third kappa shape index (κ3) is 7.41. The molecule has 0 saturated carbocycles. The van der Waals surface area contributed by atoms with Gasteiger partial charge in [0.2, 0.25) is 0 Å². The van der Waals surface area contributed by atoms with Gasteiger partial charge in [0.25, 0.3) is 0 Å². The molecule has 0 bridgehead atoms. The molecule has 0 aromatic rings. The van der Waals surface area contributed by atoms with Crippen LogP contribution in [0.2, 0.25) is 0 Å². The standard InChI is InChI=1S/C17H35N/c1-3-5-7-8-9-10-12-14-17-15-16(18-17)13-11-6-4-2/h16-18H,3-15H2,1-2H3. The molecular weight excluding hydrogens is 218 g/mol. The van der Waals surface area contributed by atoms with E-state index in [1.807, 2.05) is 0 Å². The van der Waals surface area contributed by atoms with Gasteiger partial charge in [0.1, 0.15) is 0 Å². The summed E-state index contributed by atoms with van der Waals surface area (Å²) in [6, 6.07) is 1.73. The quantitative estimate of drug-likeness (QED) is 0.457. The predicted octanol–water partition coefficient (Wildman–Crippen LogP) is 5.44. The van der Waals surface area contributed by atoms with Gasteiger partial charge in [-0.1, -0.05) is 78.1 Å². The molecule has 0 aromatic carbocycles. The fraction of sp³-hybridized carbons (Fsp3) is 1.00. The lowest BCUT2D eigenvalue weighted by atomic mass is 9.89. The zero-order chi connectivity index (χ0) is 13.1. The van der Waals surface area contributed by atoms with Crippen LogP contribution in [-0.2, 0) is 0 Å². The van der Waals surface area contributed by atoms with Gasteiger partial charge in [-0.25, -0.2) is 0 Å². The van der Waals surface area contributed by atoms with E-state index >= 15 is 0 Å². The summed E-state index contributed by atoms with van der Waals surface area (Å²) < 4.78 is 0. The first-order valence-corrected chi connectivity index (χ1v) is 8.62. The fourth-order valence-electron chi connectivity index (χ4n) is 3.04. The lowest BCUT2D eigenvalue weighted by molar-refractivity contribution is 0.230. The van der Waals surface area contributed by atoms with E-state index in [-0.39, 0.29) is 0 Å². The van der Waals surface area contributed by atoms with E-state index in [2.05, 4.69) is 19.2 Å². The largest absolute Gasteiger partial charge is 0.311 e. The maximum Gasteiger partial charge on any atom is 0.00844 e. The molecule has 2 unspecified atom stereocenters. The summed E-state index contributed by atoms with van der Waals surface area (Å²) >= 11 is 0. The molecule has 1 heteroatoms. The molecule has 1 heterocycles. The molecule has 108 valence electrons. The van der Waals surface area contributed by atoms with Crippen LogP contribution in [0.15, 0.2) is 0 Å². The highest BCUT2D eigenvalue weighted by atomic mass is 15.0. The normalized spacial score (nSPS) is 23.0. The molecule has 0 radical (unpaired) electrons. The Labute approximate surface area is 115 Å². The van der Waals surface area contributed by atoms with Crippen molar-refractivity contribution >= 4 is 0 Å². The van der Waals surface area contributed by atoms with Crippen LogP contribution < -0.4 is 5.32 Å². The van der Waals surface area contributed by atoms with Crippen molar-refractivity contribution in [2.75, 3.05) is 0 Å². The van der Waals surface area contributed by atoms with Crippen molar-refractivity contribution in [2.45, 2.75) is 109 Å². The first-order valence-electron chi connectivity index (χ1n) is 8.62. The van der Waals surface area contributed by atoms with Gasteiger partial charge in [-0.3, -0.25) is 0 Å². The van der Waals surface area contributed by atoms with Crippen LogP contribution in [0.3, 0.4) is 0 Å². The van der Waals surface area contributed by atoms with Crippen LogP contribution in [-0.4, -0.2) is 12.1 Å². The van der Waals surface area contributed by atoms with E-state index in [0.717, 1.165) is 12.1 Å². The number of nitrogens with one attached hydrogen (secondary N) is 1. The number of rotatable bonds is 12. The van der Waals surface area contributed by atoms with Crippen molar-refractivity contribution in [3.8, 4) is 0 Å². The first-order chi connectivity index (χ1) is 8.86. The SMILES string of the molecule is CCCCCCCCCC1CC(CCCCC)N1. The van der Waals surface area contributed by atoms with Crippen molar-refractivity contribution in [1.82, 2.24) is 5.32 Å². The van der Waals surface area contributed by atoms with Gasteiger partial charge in [-0.15, -0.1) is 0 Å². The second kappa shape index (κ2) is 10.8. The average Bonchev–Trinajstić information content (AvgIpc) is 2.33. The van der Waals surface area contributed by atoms with Crippen molar-refractivity contribution in [2.24, 2.45) is 0 Å². The van der Waals surface area contributed by atoms with Crippen molar-refractivity contribution in [3.63, 3.8) is 0 Å². The van der Waals surface area contributed by atoms with Gasteiger partial charge < -0.3 is 5.32 Å². The Morgan fingerprint density at radius 2 is 1.06 bits per heavy atom. The van der Waals surface area contributed by atoms with Gasteiger partial charge in [-0.2, -0.15) is 0 Å². The number of unbranched alkanes of at least 4 members (excludes halogenated alkanes) is 8. The second-order valence-electron chi connectivity index (χ2n) is 6.20. The number of hydrogen-bond acceptors (Lipinski definition) is 1. The van der Waals surface area contributed by atoms with E-state index in [1.54, 1.807) is 0 Å². The van der Waals surface area contributed by atoms with Gasteiger partial charge >= 0.3 is 0 Å². The number of hydrogen-bond donors (Lipinski definition) is 1. The Kier molecular flexibility index (Phi) is 9.65. The summed E-state index contributed by atoms with van der Waals surface area (Å²) in [6.07, 6.45) is 18.6. The third-order valence-corrected chi connectivity index (χ3v) is 4.35. The molecule has 0 spiro atoms. The Hall–Kier alpha value is -0.0400. The summed E-state index contributed by atoms with van der Waals surface area (Å²) in [6.45, 7) is 4.58. The van der Waals surface area contributed by atoms with Gasteiger partial charge in [-0.05, 0) is 19.3 Å². The van der Waals surface area contributed by atoms with Crippen LogP contribution in [0.1, 0.15) is 97.3 Å². The smallest absolute Gasteiger partial charge is 0.00844 e. The van der Waals surface area contributed by atoms with Crippen LogP contribution >= 0.6 is 0 Å². The summed E-state index contributed by atoms with van der Waals surface area (Å²) in [4.78, 5) is 0. The molecule has 0 amide bonds. The molecule has 1 nitrogen and oxygen atoms in total. The zero-order valence-corrected chi connectivity index (χ0v) is 12.8. The molecule has 1 fully saturated rings. The second-order valence-corrected chi connectivity index (χ2v) is 6.20. The van der Waals surface area contributed by atoms with E-state index in [1.165, 1.54) is 83.5 Å². The minimum absolute atomic E-state index is 0.867. The Morgan fingerprint density at radius 3 is 1.61 bits per heavy atom. The average molecular weight is 253 g/mol. The molecule has 1 saturated heterocycles. The molecule has 1 rings (SSSR count). The van der Waals surface area contributed by atoms with Gasteiger partial charge in [0.05, 0.1) is 0 Å². The van der Waals surface area contributed by atoms with Crippen LogP contribution in [0.5, 0.6) is 0 Å². The maximum atomic E-state index is 3.75. The predicted molar refractivity (Wildman–Crippen MR) is 82.1 cm³/mol. The summed E-state index contributed by atoms with van der Waals surface area (Å²) in [7, 11) is 0. The van der Waals surface area contributed by atoms with E-state index in [4.69, 9.17) is 0 Å². The highest BCUT2D eigenvalue weighted by Gasteiger charge is 2.26. The van der Waals surface area contributed by atoms with Crippen LogP contribution in [0, 0.1) is 0 Å². The van der Waals surface area contributed by atoms with E-state index < -0.39 is 0 Å². The highest BCUT2D eigenvalue weighted by molar-refractivity contribution is 4.87. The molecule has 18 heavy (non-hydrogen) atoms. The topological polar surface area (TPSA) is 12.0 Å². The Balaban J connectivity index is 1.77. The lowest BCUT2D eigenvalue weighted by Crippen LogP contribution is -2.52. The van der Waals surface area contributed by atoms with Crippen LogP contribution in [0.25, 0.3) is 0 Å². The van der Waals surface area contributed by atoms with E-state index in [0.29, 0.717) is 0 Å². The van der Waals surface area contributed by atoms with Crippen molar-refractivity contribution in [1.29, 1.82) is 0 Å². The Morgan fingerprint density at radius 1 is 0.667 bits per heavy atom. The Bertz CT molecular complexity index is 172. The highest BCUT2D eigenvalue weighted by Crippen LogP contribution is 2.22. The first kappa shape index (κ1) is 16.0. The van der Waals surface area contributed by atoms with Crippen LogP contribution in [0.4, 0.5) is 0 Å². The van der Waals surface area contributed by atoms with Crippen molar-refractivity contribution in [3.05, 3.63) is 0 Å². The van der Waals surface area contributed by atoms with Gasteiger partial charge in [0.15, 0.2) is 0 Å².